The molecule has 4 amide bonds. The number of imide groups is 2. The second-order valence-corrected chi connectivity index (χ2v) is 7.88. The highest BCUT2D eigenvalue weighted by Gasteiger charge is 2.66. The van der Waals surface area contributed by atoms with Gasteiger partial charge in [0.25, 0.3) is 11.8 Å². The number of nitrogens with one attached hydrogen (secondary N) is 2. The molecule has 2 unspecified atom stereocenters. The predicted molar refractivity (Wildman–Crippen MR) is 111 cm³/mol. The van der Waals surface area contributed by atoms with Crippen molar-refractivity contribution >= 4 is 35.2 Å². The monoisotopic (exact) mass is 444 g/mol. The van der Waals surface area contributed by atoms with Crippen molar-refractivity contribution in [3.05, 3.63) is 71.3 Å². The first-order valence-electron chi connectivity index (χ1n) is 9.36. The number of thiocarbonyl (C=S) groups is 1. The van der Waals surface area contributed by atoms with Crippen LogP contribution in [0.1, 0.15) is 23.2 Å². The number of halogens is 2. The van der Waals surface area contributed by atoms with E-state index in [9.17, 15) is 23.2 Å². The minimum Gasteiger partial charge on any atom is -0.354 e. The number of barbiturate groups is 1. The van der Waals surface area contributed by atoms with Crippen LogP contribution in [0.4, 0.5) is 13.6 Å². The van der Waals surface area contributed by atoms with Gasteiger partial charge in [0.15, 0.2) is 10.5 Å². The van der Waals surface area contributed by atoms with Crippen molar-refractivity contribution in [1.29, 1.82) is 0 Å². The van der Waals surface area contributed by atoms with E-state index in [2.05, 4.69) is 10.6 Å². The van der Waals surface area contributed by atoms with Crippen LogP contribution in [0.3, 0.4) is 0 Å². The van der Waals surface area contributed by atoms with Crippen molar-refractivity contribution in [2.45, 2.75) is 12.1 Å². The molecular formula is C21H18F2N4O3S. The van der Waals surface area contributed by atoms with Crippen LogP contribution in [0, 0.1) is 17.0 Å². The highest BCUT2D eigenvalue weighted by atomic mass is 32.1. The molecule has 160 valence electrons. The molecule has 2 aromatic rings. The molecule has 2 saturated heterocycles. The number of nitrogens with zero attached hydrogens (tertiary/aromatic N) is 2. The van der Waals surface area contributed by atoms with Crippen LogP contribution in [-0.2, 0) is 9.59 Å². The highest BCUT2D eigenvalue weighted by molar-refractivity contribution is 7.80. The van der Waals surface area contributed by atoms with Crippen molar-refractivity contribution in [3.8, 4) is 0 Å². The molecule has 2 aliphatic heterocycles. The average molecular weight is 444 g/mol. The van der Waals surface area contributed by atoms with E-state index in [4.69, 9.17) is 12.2 Å². The Bertz CT molecular complexity index is 1010. The van der Waals surface area contributed by atoms with Crippen molar-refractivity contribution in [1.82, 2.24) is 20.4 Å². The highest BCUT2D eigenvalue weighted by Crippen LogP contribution is 2.51. The Hall–Kier alpha value is -3.40. The number of benzene rings is 2. The van der Waals surface area contributed by atoms with Gasteiger partial charge in [0.1, 0.15) is 11.6 Å². The molecule has 1 spiro atoms. The normalized spacial score (nSPS) is 23.1. The zero-order chi connectivity index (χ0) is 22.5. The number of hydrogen-bond donors (Lipinski definition) is 2. The minimum absolute atomic E-state index is 0.150. The maximum absolute atomic E-state index is 13.7. The van der Waals surface area contributed by atoms with Gasteiger partial charge in [0.2, 0.25) is 0 Å². The standard InChI is InChI=1S/C21H18F2N4O3S/c1-26-17(28)21(18(29)27(2)20(26)30)15(11-3-7-13(22)8-4-11)24-19(31)25-16(21)12-5-9-14(23)10-6-12/h3-10,15-16H,1-2H3,(H2,24,25,31). The Kier molecular flexibility index (Phi) is 4.97. The number of hydrogen-bond acceptors (Lipinski definition) is 4. The summed E-state index contributed by atoms with van der Waals surface area (Å²) < 4.78 is 27.2. The van der Waals surface area contributed by atoms with Crippen molar-refractivity contribution < 1.29 is 23.2 Å². The Balaban J connectivity index is 1.99. The lowest BCUT2D eigenvalue weighted by atomic mass is 9.65. The van der Waals surface area contributed by atoms with Crippen molar-refractivity contribution in [2.75, 3.05) is 14.1 Å². The Morgan fingerprint density at radius 2 is 1.13 bits per heavy atom. The van der Waals surface area contributed by atoms with Gasteiger partial charge in [-0.05, 0) is 47.6 Å². The van der Waals surface area contributed by atoms with Gasteiger partial charge in [-0.3, -0.25) is 19.4 Å². The molecule has 0 radical (unpaired) electrons. The topological polar surface area (TPSA) is 81.8 Å². The molecule has 0 saturated carbocycles. The van der Waals surface area contributed by atoms with Gasteiger partial charge in [0.05, 0.1) is 12.1 Å². The summed E-state index contributed by atoms with van der Waals surface area (Å²) in [6, 6.07) is 7.80. The fourth-order valence-electron chi connectivity index (χ4n) is 4.24. The van der Waals surface area contributed by atoms with Gasteiger partial charge >= 0.3 is 6.03 Å². The largest absolute Gasteiger partial charge is 0.354 e. The predicted octanol–water partition coefficient (Wildman–Crippen LogP) is 2.26. The van der Waals surface area contributed by atoms with Crippen LogP contribution in [0.5, 0.6) is 0 Å². The second kappa shape index (κ2) is 7.38. The lowest BCUT2D eigenvalue weighted by Gasteiger charge is -2.52. The van der Waals surface area contributed by atoms with Gasteiger partial charge in [-0.15, -0.1) is 0 Å². The van der Waals surface area contributed by atoms with E-state index in [1.165, 1.54) is 62.6 Å². The van der Waals surface area contributed by atoms with Crippen molar-refractivity contribution in [2.24, 2.45) is 5.41 Å². The maximum Gasteiger partial charge on any atom is 0.332 e. The molecule has 10 heteroatoms. The average Bonchev–Trinajstić information content (AvgIpc) is 2.76. The van der Waals surface area contributed by atoms with Crippen LogP contribution < -0.4 is 10.6 Å². The fourth-order valence-corrected chi connectivity index (χ4v) is 4.48. The number of amides is 4. The lowest BCUT2D eigenvalue weighted by Crippen LogP contribution is -2.73. The summed E-state index contributed by atoms with van der Waals surface area (Å²) >= 11 is 5.34. The summed E-state index contributed by atoms with van der Waals surface area (Å²) in [7, 11) is 2.57. The first kappa shape index (κ1) is 20.9. The fraction of sp³-hybridized carbons (Fsp3) is 0.238. The van der Waals surface area contributed by atoms with Crippen molar-refractivity contribution in [3.63, 3.8) is 0 Å². The van der Waals surface area contributed by atoms with E-state index >= 15 is 0 Å². The van der Waals surface area contributed by atoms with Crippen LogP contribution >= 0.6 is 12.2 Å². The Morgan fingerprint density at radius 1 is 0.774 bits per heavy atom. The lowest BCUT2D eigenvalue weighted by molar-refractivity contribution is -0.163. The van der Waals surface area contributed by atoms with E-state index in [1.807, 2.05) is 0 Å². The second-order valence-electron chi connectivity index (χ2n) is 7.47. The number of carbonyl (C=O) groups excluding carboxylic acids is 3. The smallest absolute Gasteiger partial charge is 0.332 e. The maximum atomic E-state index is 13.7. The SMILES string of the molecule is CN1C(=O)N(C)C(=O)C2(C1=O)C(c1ccc(F)cc1)NC(=S)NC2c1ccc(F)cc1. The third-order valence-corrected chi connectivity index (χ3v) is 5.99. The third-order valence-electron chi connectivity index (χ3n) is 5.76. The Labute approximate surface area is 182 Å². The summed E-state index contributed by atoms with van der Waals surface area (Å²) in [4.78, 5) is 41.5. The zero-order valence-corrected chi connectivity index (χ0v) is 17.4. The molecule has 4 rings (SSSR count). The molecule has 2 fully saturated rings. The molecule has 2 aromatic carbocycles. The molecule has 31 heavy (non-hydrogen) atoms. The molecule has 0 bridgehead atoms. The molecule has 2 atom stereocenters. The molecule has 0 aliphatic carbocycles. The summed E-state index contributed by atoms with van der Waals surface area (Å²) in [5.74, 6) is -2.50. The summed E-state index contributed by atoms with van der Waals surface area (Å²) in [5.41, 5.74) is -1.04. The van der Waals surface area contributed by atoms with Gasteiger partial charge in [0, 0.05) is 14.1 Å². The van der Waals surface area contributed by atoms with E-state index in [-0.39, 0.29) is 5.11 Å². The van der Waals surface area contributed by atoms with E-state index < -0.39 is 47.0 Å². The molecular weight excluding hydrogens is 426 g/mol. The third kappa shape index (κ3) is 3.05. The van der Waals surface area contributed by atoms with E-state index in [1.54, 1.807) is 0 Å². The molecule has 2 heterocycles. The van der Waals surface area contributed by atoms with Crippen LogP contribution in [0.25, 0.3) is 0 Å². The van der Waals surface area contributed by atoms with Gasteiger partial charge < -0.3 is 10.6 Å². The summed E-state index contributed by atoms with van der Waals surface area (Å²) in [6.45, 7) is 0. The van der Waals surface area contributed by atoms with Crippen LogP contribution in [-0.4, -0.2) is 46.9 Å². The van der Waals surface area contributed by atoms with E-state index in [0.717, 1.165) is 9.80 Å². The number of urea groups is 1. The number of carbonyl (C=O) groups is 3. The molecule has 7 nitrogen and oxygen atoms in total. The minimum atomic E-state index is -1.89. The van der Waals surface area contributed by atoms with E-state index in [0.29, 0.717) is 11.1 Å². The first-order chi connectivity index (χ1) is 14.7. The van der Waals surface area contributed by atoms with Gasteiger partial charge in [-0.2, -0.15) is 0 Å². The van der Waals surface area contributed by atoms with Gasteiger partial charge in [-0.25, -0.2) is 13.6 Å². The Morgan fingerprint density at radius 3 is 1.48 bits per heavy atom. The molecule has 0 aromatic heterocycles. The zero-order valence-electron chi connectivity index (χ0n) is 16.6. The van der Waals surface area contributed by atoms with Gasteiger partial charge in [-0.1, -0.05) is 24.3 Å². The summed E-state index contributed by atoms with van der Waals surface area (Å²) in [6.07, 6.45) is 0. The quantitative estimate of drug-likeness (QED) is 0.546. The van der Waals surface area contributed by atoms with Crippen LogP contribution in [0.15, 0.2) is 48.5 Å². The first-order valence-corrected chi connectivity index (χ1v) is 9.77. The summed E-state index contributed by atoms with van der Waals surface area (Å²) in [5, 5.41) is 6.07. The number of rotatable bonds is 2. The molecule has 2 N–H and O–H groups in total. The molecule has 2 aliphatic rings. The van der Waals surface area contributed by atoms with Crippen LogP contribution in [0.2, 0.25) is 0 Å².